The molecule has 1 aliphatic heterocycles. The van der Waals surface area contributed by atoms with E-state index in [0.29, 0.717) is 11.3 Å². The first-order valence-electron chi connectivity index (χ1n) is 6.07. The molecule has 1 aromatic carbocycles. The summed E-state index contributed by atoms with van der Waals surface area (Å²) in [7, 11) is 1.21. The van der Waals surface area contributed by atoms with Crippen molar-refractivity contribution in [2.45, 2.75) is 6.92 Å². The zero-order valence-corrected chi connectivity index (χ0v) is 11.5. The molecule has 0 bridgehead atoms. The number of aliphatic hydroxyl groups excluding tert-OH is 1. The van der Waals surface area contributed by atoms with Crippen LogP contribution >= 0.6 is 0 Å². The molecule has 2 N–H and O–H groups in total. The first-order valence-corrected chi connectivity index (χ1v) is 6.07. The lowest BCUT2D eigenvalue weighted by Gasteiger charge is -2.02. The second-order valence-corrected chi connectivity index (χ2v) is 4.33. The summed E-state index contributed by atoms with van der Waals surface area (Å²) < 4.78 is 4.58. The molecule has 0 fully saturated rings. The number of carboxylic acids is 1. The number of rotatable bonds is 3. The Morgan fingerprint density at radius 1 is 1.29 bits per heavy atom. The molecule has 108 valence electrons. The van der Waals surface area contributed by atoms with Gasteiger partial charge >= 0.3 is 11.9 Å². The van der Waals surface area contributed by atoms with E-state index in [0.717, 1.165) is 0 Å². The van der Waals surface area contributed by atoms with Crippen molar-refractivity contribution in [3.05, 3.63) is 52.4 Å². The summed E-state index contributed by atoms with van der Waals surface area (Å²) >= 11 is 0. The lowest BCUT2D eigenvalue weighted by atomic mass is 10.1. The van der Waals surface area contributed by atoms with Crippen molar-refractivity contribution in [2.75, 3.05) is 7.11 Å². The van der Waals surface area contributed by atoms with E-state index in [1.54, 1.807) is 25.1 Å². The maximum Gasteiger partial charge on any atom is 0.343 e. The van der Waals surface area contributed by atoms with E-state index < -0.39 is 11.9 Å². The van der Waals surface area contributed by atoms with Crippen LogP contribution in [0.3, 0.4) is 0 Å². The average Bonchev–Trinajstić information content (AvgIpc) is 2.73. The van der Waals surface area contributed by atoms with Crippen LogP contribution in [0.15, 0.2) is 46.3 Å². The molecule has 0 amide bonds. The third-order valence-corrected chi connectivity index (χ3v) is 3.00. The minimum Gasteiger partial charge on any atom is -0.505 e. The number of hydrogen-bond acceptors (Lipinski definition) is 5. The largest absolute Gasteiger partial charge is 0.505 e. The molecular weight excluding hydrogens is 274 g/mol. The van der Waals surface area contributed by atoms with Gasteiger partial charge in [-0.1, -0.05) is 18.2 Å². The van der Waals surface area contributed by atoms with Crippen molar-refractivity contribution in [2.24, 2.45) is 4.99 Å². The van der Waals surface area contributed by atoms with Crippen molar-refractivity contribution in [1.82, 2.24) is 0 Å². The highest BCUT2D eigenvalue weighted by Crippen LogP contribution is 2.27. The Labute approximate surface area is 120 Å². The molecule has 0 unspecified atom stereocenters. The second kappa shape index (κ2) is 5.62. The zero-order valence-electron chi connectivity index (χ0n) is 11.5. The maximum atomic E-state index is 11.6. The highest BCUT2D eigenvalue weighted by Gasteiger charge is 2.27. The number of nitrogens with zero attached hydrogens (tertiary/aromatic N) is 1. The lowest BCUT2D eigenvalue weighted by molar-refractivity contribution is -0.135. The minimum absolute atomic E-state index is 0.0171. The van der Waals surface area contributed by atoms with E-state index >= 15 is 0 Å². The minimum atomic E-state index is -1.09. The van der Waals surface area contributed by atoms with Gasteiger partial charge in [-0.05, 0) is 24.6 Å². The molecule has 1 heterocycles. The first kappa shape index (κ1) is 14.5. The number of methoxy groups -OCH3 is 1. The van der Waals surface area contributed by atoms with E-state index in [2.05, 4.69) is 9.73 Å². The molecule has 0 spiro atoms. The summed E-state index contributed by atoms with van der Waals surface area (Å²) in [4.78, 5) is 26.8. The molecule has 6 heteroatoms. The molecule has 0 radical (unpaired) electrons. The Hall–Kier alpha value is -2.89. The van der Waals surface area contributed by atoms with Crippen LogP contribution in [0.2, 0.25) is 0 Å². The first-order chi connectivity index (χ1) is 9.95. The molecule has 0 aromatic heterocycles. The van der Waals surface area contributed by atoms with Gasteiger partial charge in [0, 0.05) is 0 Å². The molecule has 0 aliphatic carbocycles. The van der Waals surface area contributed by atoms with Crippen molar-refractivity contribution >= 4 is 23.7 Å². The normalized spacial score (nSPS) is 16.1. The van der Waals surface area contributed by atoms with Gasteiger partial charge in [0.25, 0.3) is 0 Å². The van der Waals surface area contributed by atoms with Gasteiger partial charge in [-0.2, -0.15) is 0 Å². The van der Waals surface area contributed by atoms with Gasteiger partial charge in [0.05, 0.1) is 18.4 Å². The highest BCUT2D eigenvalue weighted by atomic mass is 16.5. The van der Waals surface area contributed by atoms with E-state index in [9.17, 15) is 14.7 Å². The van der Waals surface area contributed by atoms with Crippen LogP contribution in [0.1, 0.15) is 22.8 Å². The molecule has 1 aromatic rings. The Kier molecular flexibility index (Phi) is 3.89. The van der Waals surface area contributed by atoms with Gasteiger partial charge in [-0.3, -0.25) is 0 Å². The Morgan fingerprint density at radius 2 is 1.95 bits per heavy atom. The second-order valence-electron chi connectivity index (χ2n) is 4.33. The summed E-state index contributed by atoms with van der Waals surface area (Å²) in [6.07, 6.45) is 1.41. The Morgan fingerprint density at radius 3 is 2.57 bits per heavy atom. The predicted octanol–water partition coefficient (Wildman–Crippen LogP) is 2.19. The van der Waals surface area contributed by atoms with Crippen molar-refractivity contribution in [3.63, 3.8) is 0 Å². The van der Waals surface area contributed by atoms with E-state index in [1.165, 1.54) is 19.3 Å². The molecule has 6 nitrogen and oxygen atoms in total. The quantitative estimate of drug-likeness (QED) is 0.831. The maximum absolute atomic E-state index is 11.6. The van der Waals surface area contributed by atoms with Gasteiger partial charge in [-0.15, -0.1) is 0 Å². The van der Waals surface area contributed by atoms with Crippen LogP contribution in [0.4, 0.5) is 0 Å². The molecular formula is C15H13NO5. The SMILES string of the molecule is COC(=O)C1=C(O)/C(=C/c2ccccc2C(=O)O)N=C1C. The highest BCUT2D eigenvalue weighted by molar-refractivity contribution is 6.22. The predicted molar refractivity (Wildman–Crippen MR) is 76.2 cm³/mol. The monoisotopic (exact) mass is 287 g/mol. The molecule has 21 heavy (non-hydrogen) atoms. The number of benzene rings is 1. The fourth-order valence-corrected chi connectivity index (χ4v) is 2.00. The fourth-order valence-electron chi connectivity index (χ4n) is 2.00. The number of aliphatic imine (C=N–C) groups is 1. The number of esters is 1. The van der Waals surface area contributed by atoms with Crippen molar-refractivity contribution in [1.29, 1.82) is 0 Å². The number of aliphatic hydroxyl groups is 1. The zero-order chi connectivity index (χ0) is 15.6. The van der Waals surface area contributed by atoms with Gasteiger partial charge in [0.15, 0.2) is 5.76 Å². The number of hydrogen-bond donors (Lipinski definition) is 2. The summed E-state index contributed by atoms with van der Waals surface area (Å²) in [5.41, 5.74) is 0.892. The Balaban J connectivity index is 2.52. The van der Waals surface area contributed by atoms with Gasteiger partial charge in [-0.25, -0.2) is 14.6 Å². The molecule has 0 saturated carbocycles. The molecule has 0 saturated heterocycles. The Bertz CT molecular complexity index is 713. The van der Waals surface area contributed by atoms with Crippen molar-refractivity contribution in [3.8, 4) is 0 Å². The number of carboxylic acid groups (broad SMARTS) is 1. The number of ether oxygens (including phenoxy) is 1. The molecule has 2 rings (SSSR count). The lowest BCUT2D eigenvalue weighted by Crippen LogP contribution is -2.11. The van der Waals surface area contributed by atoms with Crippen LogP contribution in [0.5, 0.6) is 0 Å². The number of carbonyl (C=O) groups is 2. The van der Waals surface area contributed by atoms with Crippen molar-refractivity contribution < 1.29 is 24.5 Å². The summed E-state index contributed by atoms with van der Waals surface area (Å²) in [6.45, 7) is 1.56. The smallest absolute Gasteiger partial charge is 0.343 e. The van der Waals surface area contributed by atoms with Crippen LogP contribution in [-0.2, 0) is 9.53 Å². The summed E-state index contributed by atoms with van der Waals surface area (Å²) in [6, 6.07) is 6.31. The number of aromatic carboxylic acids is 1. The van der Waals surface area contributed by atoms with Crippen LogP contribution < -0.4 is 0 Å². The molecule has 0 atom stereocenters. The summed E-state index contributed by atoms with van der Waals surface area (Å²) in [5.74, 6) is -2.10. The average molecular weight is 287 g/mol. The van der Waals surface area contributed by atoms with Gasteiger partial charge < -0.3 is 14.9 Å². The summed E-state index contributed by atoms with van der Waals surface area (Å²) in [5, 5.41) is 19.2. The van der Waals surface area contributed by atoms with E-state index in [1.807, 2.05) is 0 Å². The fraction of sp³-hybridized carbons (Fsp3) is 0.133. The number of carbonyl (C=O) groups excluding carboxylic acids is 1. The van der Waals surface area contributed by atoms with Crippen LogP contribution in [-0.4, -0.2) is 35.0 Å². The van der Waals surface area contributed by atoms with Gasteiger partial charge in [0.1, 0.15) is 11.3 Å². The van der Waals surface area contributed by atoms with E-state index in [-0.39, 0.29) is 22.6 Å². The third kappa shape index (κ3) is 2.69. The van der Waals surface area contributed by atoms with Gasteiger partial charge in [0.2, 0.25) is 0 Å². The van der Waals surface area contributed by atoms with Crippen LogP contribution in [0, 0.1) is 0 Å². The standard InChI is InChI=1S/C15H13NO5/c1-8-12(15(20)21-2)13(17)11(16-8)7-9-5-3-4-6-10(9)14(18)19/h3-7,17H,1-2H3,(H,18,19)/b11-7-. The van der Waals surface area contributed by atoms with Crippen LogP contribution in [0.25, 0.3) is 6.08 Å². The topological polar surface area (TPSA) is 96.2 Å². The van der Waals surface area contributed by atoms with E-state index in [4.69, 9.17) is 5.11 Å². The third-order valence-electron chi connectivity index (χ3n) is 3.00. The molecule has 1 aliphatic rings.